The van der Waals surface area contributed by atoms with E-state index in [1.807, 2.05) is 36.4 Å². The Balaban J connectivity index is 1.61. The van der Waals surface area contributed by atoms with Crippen LogP contribution < -0.4 is 5.32 Å². The average molecular weight is 295 g/mol. The Morgan fingerprint density at radius 2 is 1.91 bits per heavy atom. The molecule has 0 fully saturated rings. The van der Waals surface area contributed by atoms with Crippen LogP contribution in [0, 0.1) is 0 Å². The number of fused-ring (bicyclic) bond motifs is 1. The summed E-state index contributed by atoms with van der Waals surface area (Å²) in [5, 5.41) is 2.70. The maximum absolute atomic E-state index is 11.8. The zero-order chi connectivity index (χ0) is 15.4. The number of hydrogen-bond donors (Lipinski definition) is 1. The largest absolute Gasteiger partial charge is 0.444 e. The van der Waals surface area contributed by atoms with E-state index in [0.717, 1.165) is 29.5 Å². The highest BCUT2D eigenvalue weighted by Gasteiger charge is 2.17. The fraction of sp³-hybridized carbons (Fsp3) is 0.222. The first-order valence-corrected chi connectivity index (χ1v) is 7.36. The predicted octanol–water partition coefficient (Wildman–Crippen LogP) is 3.95. The quantitative estimate of drug-likeness (QED) is 0.932. The zero-order valence-electron chi connectivity index (χ0n) is 12.2. The minimum absolute atomic E-state index is 0.180. The summed E-state index contributed by atoms with van der Waals surface area (Å²) in [6.45, 7) is 0.232. The molecule has 4 nitrogen and oxygen atoms in total. The summed E-state index contributed by atoms with van der Waals surface area (Å²) in [7, 11) is 0. The molecule has 2 aromatic rings. The number of hydrogen-bond acceptors (Lipinski definition) is 3. The minimum atomic E-state index is -0.495. The summed E-state index contributed by atoms with van der Waals surface area (Å²) in [5.41, 5.74) is 3.37. The van der Waals surface area contributed by atoms with Crippen LogP contribution in [0.15, 0.2) is 48.5 Å². The second kappa shape index (κ2) is 6.43. The summed E-state index contributed by atoms with van der Waals surface area (Å²) < 4.78 is 5.18. The lowest BCUT2D eigenvalue weighted by Crippen LogP contribution is -2.15. The van der Waals surface area contributed by atoms with Crippen molar-refractivity contribution in [3.63, 3.8) is 0 Å². The van der Waals surface area contributed by atoms with Crippen LogP contribution in [0.25, 0.3) is 0 Å². The lowest BCUT2D eigenvalue weighted by molar-refractivity contribution is 0.0972. The van der Waals surface area contributed by atoms with Gasteiger partial charge >= 0.3 is 6.09 Å². The summed E-state index contributed by atoms with van der Waals surface area (Å²) in [4.78, 5) is 23.6. The van der Waals surface area contributed by atoms with Gasteiger partial charge in [0.15, 0.2) is 5.78 Å². The van der Waals surface area contributed by atoms with Gasteiger partial charge < -0.3 is 4.74 Å². The Morgan fingerprint density at radius 3 is 2.73 bits per heavy atom. The van der Waals surface area contributed by atoms with E-state index >= 15 is 0 Å². The molecule has 0 radical (unpaired) electrons. The Hall–Kier alpha value is -2.62. The van der Waals surface area contributed by atoms with E-state index < -0.39 is 6.09 Å². The van der Waals surface area contributed by atoms with E-state index in [2.05, 4.69) is 5.32 Å². The molecule has 0 aromatic heterocycles. The first kappa shape index (κ1) is 14.3. The van der Waals surface area contributed by atoms with Gasteiger partial charge in [-0.2, -0.15) is 0 Å². The number of amides is 1. The van der Waals surface area contributed by atoms with Crippen molar-refractivity contribution in [1.82, 2.24) is 0 Å². The van der Waals surface area contributed by atoms with Gasteiger partial charge in [0.05, 0.1) is 0 Å². The molecule has 0 atom stereocenters. The van der Waals surface area contributed by atoms with Crippen molar-refractivity contribution in [2.45, 2.75) is 25.9 Å². The van der Waals surface area contributed by atoms with Crippen molar-refractivity contribution in [2.75, 3.05) is 5.32 Å². The van der Waals surface area contributed by atoms with Crippen LogP contribution in [0.1, 0.15) is 34.3 Å². The highest BCUT2D eigenvalue weighted by atomic mass is 16.5. The minimum Gasteiger partial charge on any atom is -0.444 e. The fourth-order valence-electron chi connectivity index (χ4n) is 2.60. The van der Waals surface area contributed by atoms with Crippen LogP contribution in [0.4, 0.5) is 10.5 Å². The smallest absolute Gasteiger partial charge is 0.411 e. The number of nitrogens with one attached hydrogen (secondary N) is 1. The Bertz CT molecular complexity index is 695. The molecule has 22 heavy (non-hydrogen) atoms. The van der Waals surface area contributed by atoms with Crippen LogP contribution in [0.2, 0.25) is 0 Å². The fourth-order valence-corrected chi connectivity index (χ4v) is 2.60. The zero-order valence-corrected chi connectivity index (χ0v) is 12.2. The molecule has 112 valence electrons. The number of Topliss-reactive ketones (excluding diaryl/α,β-unsaturated/α-hetero) is 1. The molecule has 1 aliphatic rings. The number of anilines is 1. The molecule has 0 saturated carbocycles. The second-order valence-electron chi connectivity index (χ2n) is 5.34. The third kappa shape index (κ3) is 3.34. The van der Waals surface area contributed by atoms with E-state index in [1.165, 1.54) is 0 Å². The summed E-state index contributed by atoms with van der Waals surface area (Å²) in [6, 6.07) is 14.9. The van der Waals surface area contributed by atoms with Crippen LogP contribution in [-0.4, -0.2) is 11.9 Å². The molecule has 1 N–H and O–H groups in total. The monoisotopic (exact) mass is 295 g/mol. The van der Waals surface area contributed by atoms with Crippen molar-refractivity contribution < 1.29 is 14.3 Å². The standard InChI is InChI=1S/C18H17NO3/c20-17-8-4-7-14-11-15(9-10-16(14)17)19-18(21)22-12-13-5-2-1-3-6-13/h1-3,5-6,9-11H,4,7-8,12H2,(H,19,21). The summed E-state index contributed by atoms with van der Waals surface area (Å²) in [5.74, 6) is 0.180. The van der Waals surface area contributed by atoms with Gasteiger partial charge in [0, 0.05) is 17.7 Å². The van der Waals surface area contributed by atoms with Gasteiger partial charge in [-0.05, 0) is 42.2 Å². The Labute approximate surface area is 129 Å². The molecule has 4 heteroatoms. The summed E-state index contributed by atoms with van der Waals surface area (Å²) >= 11 is 0. The van der Waals surface area contributed by atoms with E-state index in [4.69, 9.17) is 4.74 Å². The van der Waals surface area contributed by atoms with Crippen LogP contribution in [-0.2, 0) is 17.8 Å². The number of ether oxygens (including phenoxy) is 1. The number of aryl methyl sites for hydroxylation is 1. The number of ketones is 1. The lowest BCUT2D eigenvalue weighted by Gasteiger charge is -2.16. The highest BCUT2D eigenvalue weighted by molar-refractivity contribution is 5.99. The third-order valence-corrected chi connectivity index (χ3v) is 3.71. The van der Waals surface area contributed by atoms with Crippen LogP contribution in [0.5, 0.6) is 0 Å². The molecular formula is C18H17NO3. The molecule has 2 aromatic carbocycles. The van der Waals surface area contributed by atoms with E-state index in [9.17, 15) is 9.59 Å². The molecule has 1 aliphatic carbocycles. The Kier molecular flexibility index (Phi) is 4.19. The maximum atomic E-state index is 11.8. The molecular weight excluding hydrogens is 278 g/mol. The third-order valence-electron chi connectivity index (χ3n) is 3.71. The normalized spacial score (nSPS) is 13.4. The van der Waals surface area contributed by atoms with Gasteiger partial charge in [-0.15, -0.1) is 0 Å². The van der Waals surface area contributed by atoms with Crippen molar-refractivity contribution in [2.24, 2.45) is 0 Å². The van der Waals surface area contributed by atoms with Gasteiger partial charge in [-0.25, -0.2) is 4.79 Å². The maximum Gasteiger partial charge on any atom is 0.411 e. The number of benzene rings is 2. The van der Waals surface area contributed by atoms with Crippen molar-refractivity contribution in [3.8, 4) is 0 Å². The highest BCUT2D eigenvalue weighted by Crippen LogP contribution is 2.24. The topological polar surface area (TPSA) is 55.4 Å². The first-order chi connectivity index (χ1) is 10.7. The molecule has 1 amide bonds. The molecule has 0 aliphatic heterocycles. The number of rotatable bonds is 3. The Morgan fingerprint density at radius 1 is 1.09 bits per heavy atom. The SMILES string of the molecule is O=C(Nc1ccc2c(c1)CCCC2=O)OCc1ccccc1. The van der Waals surface area contributed by atoms with E-state index in [-0.39, 0.29) is 12.4 Å². The van der Waals surface area contributed by atoms with Crippen molar-refractivity contribution in [3.05, 3.63) is 65.2 Å². The van der Waals surface area contributed by atoms with Crippen molar-refractivity contribution >= 4 is 17.6 Å². The second-order valence-corrected chi connectivity index (χ2v) is 5.34. The van der Waals surface area contributed by atoms with Crippen molar-refractivity contribution in [1.29, 1.82) is 0 Å². The van der Waals surface area contributed by atoms with E-state index in [1.54, 1.807) is 12.1 Å². The lowest BCUT2D eigenvalue weighted by atomic mass is 9.90. The van der Waals surface area contributed by atoms with Gasteiger partial charge in [0.25, 0.3) is 0 Å². The van der Waals surface area contributed by atoms with Gasteiger partial charge in [-0.3, -0.25) is 10.1 Å². The molecule has 0 spiro atoms. The molecule has 0 unspecified atom stereocenters. The van der Waals surface area contributed by atoms with Crippen LogP contribution in [0.3, 0.4) is 0 Å². The van der Waals surface area contributed by atoms with Gasteiger partial charge in [0.2, 0.25) is 0 Å². The summed E-state index contributed by atoms with van der Waals surface area (Å²) in [6.07, 6.45) is 1.85. The van der Waals surface area contributed by atoms with Gasteiger partial charge in [0.1, 0.15) is 6.61 Å². The molecule has 0 heterocycles. The van der Waals surface area contributed by atoms with Gasteiger partial charge in [-0.1, -0.05) is 30.3 Å². The molecule has 0 saturated heterocycles. The molecule has 0 bridgehead atoms. The molecule has 3 rings (SSSR count). The number of carbonyl (C=O) groups excluding carboxylic acids is 2. The predicted molar refractivity (Wildman–Crippen MR) is 84.0 cm³/mol. The average Bonchev–Trinajstić information content (AvgIpc) is 2.54. The van der Waals surface area contributed by atoms with Crippen LogP contribution >= 0.6 is 0 Å². The number of carbonyl (C=O) groups is 2. The van der Waals surface area contributed by atoms with E-state index in [0.29, 0.717) is 12.1 Å². The first-order valence-electron chi connectivity index (χ1n) is 7.36.